The number of aryl methyl sites for hydroxylation is 1. The molecule has 0 heterocycles. The van der Waals surface area contributed by atoms with E-state index in [1.807, 2.05) is 12.1 Å². The Morgan fingerprint density at radius 2 is 1.70 bits per heavy atom. The van der Waals surface area contributed by atoms with E-state index in [0.29, 0.717) is 0 Å². The van der Waals surface area contributed by atoms with E-state index in [1.165, 1.54) is 12.1 Å². The summed E-state index contributed by atoms with van der Waals surface area (Å²) in [5.41, 5.74) is 1.56. The number of carbonyl (C=O) groups is 1. The highest BCUT2D eigenvalue weighted by molar-refractivity contribution is 14.1. The number of nitrogens with one attached hydrogen (secondary N) is 1. The zero-order valence-electron chi connectivity index (χ0n) is 10.3. The second kappa shape index (κ2) is 6.86. The van der Waals surface area contributed by atoms with Crippen LogP contribution >= 0.6 is 67.8 Å². The van der Waals surface area contributed by atoms with Crippen molar-refractivity contribution in [3.05, 3.63) is 58.0 Å². The molecule has 104 valence electrons. The predicted molar refractivity (Wildman–Crippen MR) is 104 cm³/mol. The number of benzene rings is 2. The maximum atomic E-state index is 13.8. The fourth-order valence-electron chi connectivity index (χ4n) is 1.65. The maximum absolute atomic E-state index is 13.8. The molecular formula is C14H9FI3NO. The molecule has 0 spiro atoms. The van der Waals surface area contributed by atoms with E-state index in [9.17, 15) is 9.18 Å². The summed E-state index contributed by atoms with van der Waals surface area (Å²) in [6.07, 6.45) is 0. The lowest BCUT2D eigenvalue weighted by Crippen LogP contribution is -2.15. The molecule has 2 aromatic carbocycles. The van der Waals surface area contributed by atoms with Crippen LogP contribution in [0.5, 0.6) is 0 Å². The van der Waals surface area contributed by atoms with Gasteiger partial charge in [-0.1, -0.05) is 6.07 Å². The Balaban J connectivity index is 2.33. The largest absolute Gasteiger partial charge is 0.320 e. The molecule has 0 atom stereocenters. The van der Waals surface area contributed by atoms with E-state index in [2.05, 4.69) is 73.1 Å². The van der Waals surface area contributed by atoms with Gasteiger partial charge in [0.1, 0.15) is 5.82 Å². The highest BCUT2D eigenvalue weighted by Crippen LogP contribution is 2.28. The summed E-state index contributed by atoms with van der Waals surface area (Å²) in [6.45, 7) is 1.79. The highest BCUT2D eigenvalue weighted by Gasteiger charge is 2.15. The molecule has 6 heteroatoms. The van der Waals surface area contributed by atoms with Gasteiger partial charge in [0.25, 0.3) is 5.91 Å². The third kappa shape index (κ3) is 3.81. The zero-order chi connectivity index (χ0) is 14.9. The van der Waals surface area contributed by atoms with Gasteiger partial charge >= 0.3 is 0 Å². The van der Waals surface area contributed by atoms with Crippen molar-refractivity contribution in [3.8, 4) is 0 Å². The van der Waals surface area contributed by atoms with E-state index in [-0.39, 0.29) is 5.56 Å². The minimum absolute atomic E-state index is 0.0563. The van der Waals surface area contributed by atoms with Crippen LogP contribution in [0.1, 0.15) is 15.9 Å². The number of halogens is 4. The lowest BCUT2D eigenvalue weighted by atomic mass is 10.1. The monoisotopic (exact) mass is 607 g/mol. The van der Waals surface area contributed by atoms with Crippen LogP contribution in [-0.4, -0.2) is 5.91 Å². The second-order valence-corrected chi connectivity index (χ2v) is 7.75. The van der Waals surface area contributed by atoms with Crippen LogP contribution in [0.3, 0.4) is 0 Å². The van der Waals surface area contributed by atoms with Gasteiger partial charge in [-0.25, -0.2) is 4.39 Å². The lowest BCUT2D eigenvalue weighted by molar-refractivity contribution is 0.102. The summed E-state index contributed by atoms with van der Waals surface area (Å²) in [7, 11) is 0. The van der Waals surface area contributed by atoms with Gasteiger partial charge in [-0.3, -0.25) is 4.79 Å². The van der Waals surface area contributed by atoms with E-state index in [0.717, 1.165) is 22.0 Å². The third-order valence-corrected chi connectivity index (χ3v) is 4.94. The van der Waals surface area contributed by atoms with Crippen LogP contribution in [0.4, 0.5) is 10.1 Å². The van der Waals surface area contributed by atoms with Gasteiger partial charge in [0.2, 0.25) is 0 Å². The summed E-state index contributed by atoms with van der Waals surface area (Å²) in [5, 5.41) is 2.79. The van der Waals surface area contributed by atoms with Crippen LogP contribution in [0, 0.1) is 23.5 Å². The molecular weight excluding hydrogens is 598 g/mol. The molecule has 0 aliphatic heterocycles. The van der Waals surface area contributed by atoms with Gasteiger partial charge < -0.3 is 5.32 Å². The van der Waals surface area contributed by atoms with Crippen LogP contribution in [0.15, 0.2) is 30.3 Å². The van der Waals surface area contributed by atoms with Crippen LogP contribution in [0.2, 0.25) is 0 Å². The summed E-state index contributed by atoms with van der Waals surface area (Å²) in [6, 6.07) is 8.52. The molecule has 0 unspecified atom stereocenters. The van der Waals surface area contributed by atoms with Crippen LogP contribution < -0.4 is 5.32 Å². The molecule has 0 aromatic heterocycles. The van der Waals surface area contributed by atoms with Crippen molar-refractivity contribution in [2.24, 2.45) is 0 Å². The molecule has 0 saturated heterocycles. The molecule has 1 N–H and O–H groups in total. The Morgan fingerprint density at radius 3 is 2.25 bits per heavy atom. The normalized spacial score (nSPS) is 10.4. The van der Waals surface area contributed by atoms with Crippen molar-refractivity contribution in [3.63, 3.8) is 0 Å². The highest BCUT2D eigenvalue weighted by atomic mass is 127. The molecule has 2 rings (SSSR count). The average Bonchev–Trinajstić information content (AvgIpc) is 2.33. The van der Waals surface area contributed by atoms with E-state index < -0.39 is 11.7 Å². The topological polar surface area (TPSA) is 29.1 Å². The van der Waals surface area contributed by atoms with Gasteiger partial charge in [-0.15, -0.1) is 0 Å². The van der Waals surface area contributed by atoms with Gasteiger partial charge in [0.05, 0.1) is 11.3 Å². The summed E-state index contributed by atoms with van der Waals surface area (Å²) in [5.74, 6) is -0.933. The van der Waals surface area contributed by atoms with E-state index in [4.69, 9.17) is 0 Å². The number of carbonyl (C=O) groups excluding carboxylic acids is 1. The number of hydrogen-bond donors (Lipinski definition) is 1. The Hall–Kier alpha value is 0.0300. The Bertz CT molecular complexity index is 665. The van der Waals surface area contributed by atoms with E-state index >= 15 is 0 Å². The first-order valence-electron chi connectivity index (χ1n) is 5.60. The summed E-state index contributed by atoms with van der Waals surface area (Å²) < 4.78 is 16.8. The van der Waals surface area contributed by atoms with Crippen molar-refractivity contribution in [1.29, 1.82) is 0 Å². The molecule has 2 nitrogen and oxygen atoms in total. The summed E-state index contributed by atoms with van der Waals surface area (Å²) >= 11 is 6.54. The fraction of sp³-hybridized carbons (Fsp3) is 0.0714. The zero-order valence-corrected chi connectivity index (χ0v) is 16.8. The first-order valence-corrected chi connectivity index (χ1v) is 8.84. The molecule has 0 fully saturated rings. The SMILES string of the molecule is Cc1ccc(C(=O)Nc2c(I)cc(I)cc2I)c(F)c1. The van der Waals surface area contributed by atoms with Gasteiger partial charge in [0.15, 0.2) is 0 Å². The molecule has 20 heavy (non-hydrogen) atoms. The fourth-order valence-corrected chi connectivity index (χ4v) is 5.50. The summed E-state index contributed by atoms with van der Waals surface area (Å²) in [4.78, 5) is 12.2. The predicted octanol–water partition coefficient (Wildman–Crippen LogP) is 5.20. The Labute approximate surface area is 157 Å². The molecule has 0 aliphatic carbocycles. The standard InChI is InChI=1S/C14H9FI3NO/c1-7-2-3-9(10(15)4-7)14(20)19-13-11(17)5-8(16)6-12(13)18/h2-6H,1H3,(H,19,20). The van der Waals surface area contributed by atoms with Crippen LogP contribution in [-0.2, 0) is 0 Å². The number of anilines is 1. The maximum Gasteiger partial charge on any atom is 0.258 e. The van der Waals surface area contributed by atoms with Gasteiger partial charge in [-0.2, -0.15) is 0 Å². The molecule has 0 aliphatic rings. The van der Waals surface area contributed by atoms with Crippen molar-refractivity contribution in [2.75, 3.05) is 5.32 Å². The van der Waals surface area contributed by atoms with E-state index in [1.54, 1.807) is 13.0 Å². The number of rotatable bonds is 2. The quantitative estimate of drug-likeness (QED) is 0.468. The minimum Gasteiger partial charge on any atom is -0.320 e. The number of hydrogen-bond acceptors (Lipinski definition) is 1. The number of amides is 1. The lowest BCUT2D eigenvalue weighted by Gasteiger charge is -2.11. The molecule has 0 bridgehead atoms. The Morgan fingerprint density at radius 1 is 1.10 bits per heavy atom. The first kappa shape index (κ1) is 16.4. The molecule has 0 radical (unpaired) electrons. The third-order valence-electron chi connectivity index (χ3n) is 2.61. The Kier molecular flexibility index (Phi) is 5.63. The van der Waals surface area contributed by atoms with Crippen molar-refractivity contribution < 1.29 is 9.18 Å². The van der Waals surface area contributed by atoms with Gasteiger partial charge in [-0.05, 0) is 105 Å². The average molecular weight is 607 g/mol. The second-order valence-electron chi connectivity index (χ2n) is 4.18. The smallest absolute Gasteiger partial charge is 0.258 e. The van der Waals surface area contributed by atoms with Gasteiger partial charge in [0, 0.05) is 10.7 Å². The van der Waals surface area contributed by atoms with Crippen molar-refractivity contribution >= 4 is 79.4 Å². The van der Waals surface area contributed by atoms with Crippen molar-refractivity contribution in [2.45, 2.75) is 6.92 Å². The van der Waals surface area contributed by atoms with Crippen LogP contribution in [0.25, 0.3) is 0 Å². The molecule has 2 aromatic rings. The van der Waals surface area contributed by atoms with Crippen molar-refractivity contribution in [1.82, 2.24) is 0 Å². The first-order chi connectivity index (χ1) is 9.38. The molecule has 0 saturated carbocycles. The minimum atomic E-state index is -0.502. The molecule has 1 amide bonds.